The number of esters is 1. The summed E-state index contributed by atoms with van der Waals surface area (Å²) in [6.45, 7) is 0. The molecule has 0 aromatic carbocycles. The second-order valence-electron chi connectivity index (χ2n) is 2.56. The molecule has 0 spiro atoms. The molecule has 0 aliphatic heterocycles. The van der Waals surface area contributed by atoms with E-state index in [0.29, 0.717) is 0 Å². The van der Waals surface area contributed by atoms with Gasteiger partial charge in [-0.25, -0.2) is 18.6 Å². The Hall–Kier alpha value is -2.03. The van der Waals surface area contributed by atoms with Crippen molar-refractivity contribution in [1.82, 2.24) is 4.98 Å². The molecule has 0 amide bonds. The van der Waals surface area contributed by atoms with Crippen LogP contribution in [0.2, 0.25) is 0 Å². The maximum Gasteiger partial charge on any atom is 0.339 e. The molecular weight excluding hydrogens is 206 g/mol. The first-order valence-electron chi connectivity index (χ1n) is 3.86. The molecule has 0 atom stereocenters. The fraction of sp³-hybridized carbons (Fsp3) is 0.222. The molecule has 0 fully saturated rings. The Bertz CT molecular complexity index is 427. The Morgan fingerprint density at radius 3 is 2.80 bits per heavy atom. The molecular formula is C9H6F2N2O2. The zero-order valence-corrected chi connectivity index (χ0v) is 7.70. The number of carbonyl (C=O) groups excluding carboxylic acids is 1. The van der Waals surface area contributed by atoms with Gasteiger partial charge in [0.25, 0.3) is 6.43 Å². The SMILES string of the molecule is COC(=O)c1cnc(C#N)cc1C(F)F. The van der Waals surface area contributed by atoms with Crippen LogP contribution < -0.4 is 0 Å². The molecule has 1 heterocycles. The lowest BCUT2D eigenvalue weighted by atomic mass is 10.1. The van der Waals surface area contributed by atoms with E-state index in [1.54, 1.807) is 6.07 Å². The van der Waals surface area contributed by atoms with E-state index in [2.05, 4.69) is 9.72 Å². The van der Waals surface area contributed by atoms with Gasteiger partial charge in [0.15, 0.2) is 0 Å². The first kappa shape index (κ1) is 11.0. The summed E-state index contributed by atoms with van der Waals surface area (Å²) in [5.41, 5.74) is -1.04. The highest BCUT2D eigenvalue weighted by Gasteiger charge is 2.20. The Kier molecular flexibility index (Phi) is 3.29. The molecule has 0 saturated carbocycles. The number of carbonyl (C=O) groups is 1. The third-order valence-corrected chi connectivity index (χ3v) is 1.69. The summed E-state index contributed by atoms with van der Waals surface area (Å²) in [6, 6.07) is 2.48. The van der Waals surface area contributed by atoms with Gasteiger partial charge in [0.05, 0.1) is 12.7 Å². The summed E-state index contributed by atoms with van der Waals surface area (Å²) in [5, 5.41) is 8.46. The molecule has 78 valence electrons. The maximum atomic E-state index is 12.5. The van der Waals surface area contributed by atoms with Crippen molar-refractivity contribution < 1.29 is 18.3 Å². The smallest absolute Gasteiger partial charge is 0.339 e. The average molecular weight is 212 g/mol. The number of hydrogen-bond donors (Lipinski definition) is 0. The predicted molar refractivity (Wildman–Crippen MR) is 45.2 cm³/mol. The standard InChI is InChI=1S/C9H6F2N2O2/c1-15-9(14)7-4-13-5(3-12)2-6(7)8(10)11/h2,4,8H,1H3. The number of methoxy groups -OCH3 is 1. The first-order chi connectivity index (χ1) is 7.10. The molecule has 0 aliphatic carbocycles. The lowest BCUT2D eigenvalue weighted by molar-refractivity contribution is 0.0588. The van der Waals surface area contributed by atoms with Crippen molar-refractivity contribution in [3.63, 3.8) is 0 Å². The van der Waals surface area contributed by atoms with Crippen LogP contribution in [0.1, 0.15) is 28.0 Å². The maximum absolute atomic E-state index is 12.5. The minimum Gasteiger partial charge on any atom is -0.465 e. The monoisotopic (exact) mass is 212 g/mol. The van der Waals surface area contributed by atoms with Gasteiger partial charge < -0.3 is 4.74 Å². The van der Waals surface area contributed by atoms with Gasteiger partial charge in [0.2, 0.25) is 0 Å². The van der Waals surface area contributed by atoms with Crippen molar-refractivity contribution in [3.05, 3.63) is 29.1 Å². The second kappa shape index (κ2) is 4.46. The van der Waals surface area contributed by atoms with Crippen molar-refractivity contribution in [3.8, 4) is 6.07 Å². The number of rotatable bonds is 2. The molecule has 0 N–H and O–H groups in total. The second-order valence-corrected chi connectivity index (χ2v) is 2.56. The molecule has 0 saturated heterocycles. The average Bonchev–Trinajstić information content (AvgIpc) is 2.27. The van der Waals surface area contributed by atoms with E-state index < -0.39 is 18.0 Å². The molecule has 1 aromatic heterocycles. The van der Waals surface area contributed by atoms with Crippen LogP contribution in [0.4, 0.5) is 8.78 Å². The minimum atomic E-state index is -2.85. The molecule has 4 nitrogen and oxygen atoms in total. The Morgan fingerprint density at radius 1 is 1.67 bits per heavy atom. The van der Waals surface area contributed by atoms with Crippen LogP contribution in [0.3, 0.4) is 0 Å². The van der Waals surface area contributed by atoms with E-state index in [0.717, 1.165) is 19.4 Å². The largest absolute Gasteiger partial charge is 0.465 e. The summed E-state index contributed by atoms with van der Waals surface area (Å²) in [6.07, 6.45) is -1.94. The zero-order chi connectivity index (χ0) is 11.4. The fourth-order valence-corrected chi connectivity index (χ4v) is 0.993. The van der Waals surface area contributed by atoms with Gasteiger partial charge in [0, 0.05) is 11.8 Å². The summed E-state index contributed by atoms with van der Waals surface area (Å²) in [5.74, 6) is -0.901. The van der Waals surface area contributed by atoms with Gasteiger partial charge in [-0.05, 0) is 6.07 Å². The van der Waals surface area contributed by atoms with Gasteiger partial charge in [-0.3, -0.25) is 0 Å². The first-order valence-corrected chi connectivity index (χ1v) is 3.86. The van der Waals surface area contributed by atoms with Gasteiger partial charge in [-0.15, -0.1) is 0 Å². The Labute approximate surface area is 84.1 Å². The van der Waals surface area contributed by atoms with E-state index in [1.165, 1.54) is 0 Å². The minimum absolute atomic E-state index is 0.169. The Balaban J connectivity index is 3.28. The fourth-order valence-electron chi connectivity index (χ4n) is 0.993. The van der Waals surface area contributed by atoms with Crippen molar-refractivity contribution in [1.29, 1.82) is 5.26 Å². The summed E-state index contributed by atoms with van der Waals surface area (Å²) in [7, 11) is 1.08. The number of hydrogen-bond acceptors (Lipinski definition) is 4. The van der Waals surface area contributed by atoms with Gasteiger partial charge >= 0.3 is 5.97 Å². The quantitative estimate of drug-likeness (QED) is 0.699. The third-order valence-electron chi connectivity index (χ3n) is 1.69. The topological polar surface area (TPSA) is 63.0 Å². The van der Waals surface area contributed by atoms with Gasteiger partial charge in [0.1, 0.15) is 11.8 Å². The molecule has 15 heavy (non-hydrogen) atoms. The summed E-state index contributed by atoms with van der Waals surface area (Å²) < 4.78 is 29.3. The number of halogens is 2. The summed E-state index contributed by atoms with van der Waals surface area (Å²) >= 11 is 0. The lowest BCUT2D eigenvalue weighted by Crippen LogP contribution is -2.07. The van der Waals surface area contributed by atoms with Crippen LogP contribution in [0.5, 0.6) is 0 Å². The van der Waals surface area contributed by atoms with Crippen LogP contribution >= 0.6 is 0 Å². The van der Waals surface area contributed by atoms with Crippen molar-refractivity contribution in [2.24, 2.45) is 0 Å². The van der Waals surface area contributed by atoms with Gasteiger partial charge in [-0.2, -0.15) is 5.26 Å². The van der Waals surface area contributed by atoms with Crippen molar-refractivity contribution in [2.45, 2.75) is 6.43 Å². The van der Waals surface area contributed by atoms with E-state index in [-0.39, 0.29) is 11.3 Å². The number of nitriles is 1. The highest BCUT2D eigenvalue weighted by Crippen LogP contribution is 2.23. The van der Waals surface area contributed by atoms with Crippen molar-refractivity contribution >= 4 is 5.97 Å². The van der Waals surface area contributed by atoms with Crippen LogP contribution in [0.15, 0.2) is 12.3 Å². The normalized spacial score (nSPS) is 9.80. The van der Waals surface area contributed by atoms with E-state index in [9.17, 15) is 13.6 Å². The van der Waals surface area contributed by atoms with Crippen molar-refractivity contribution in [2.75, 3.05) is 7.11 Å². The third kappa shape index (κ3) is 2.26. The number of nitrogens with zero attached hydrogens (tertiary/aromatic N) is 2. The van der Waals surface area contributed by atoms with Crippen LogP contribution in [-0.2, 0) is 4.74 Å². The molecule has 0 unspecified atom stereocenters. The van der Waals surface area contributed by atoms with Crippen LogP contribution in [0, 0.1) is 11.3 Å². The van der Waals surface area contributed by atoms with E-state index in [1.807, 2.05) is 0 Å². The molecule has 0 bridgehead atoms. The highest BCUT2D eigenvalue weighted by molar-refractivity contribution is 5.90. The van der Waals surface area contributed by atoms with Crippen LogP contribution in [0.25, 0.3) is 0 Å². The molecule has 1 aromatic rings. The van der Waals surface area contributed by atoms with Gasteiger partial charge in [-0.1, -0.05) is 0 Å². The predicted octanol–water partition coefficient (Wildman–Crippen LogP) is 1.68. The number of aromatic nitrogens is 1. The molecule has 1 rings (SSSR count). The molecule has 0 aliphatic rings. The summed E-state index contributed by atoms with van der Waals surface area (Å²) in [4.78, 5) is 14.6. The number of alkyl halides is 2. The van der Waals surface area contributed by atoms with E-state index in [4.69, 9.17) is 5.26 Å². The van der Waals surface area contributed by atoms with E-state index >= 15 is 0 Å². The van der Waals surface area contributed by atoms with Crippen LogP contribution in [-0.4, -0.2) is 18.1 Å². The zero-order valence-electron chi connectivity index (χ0n) is 7.70. The number of ether oxygens (including phenoxy) is 1. The number of pyridine rings is 1. The molecule has 6 heteroatoms. The molecule has 0 radical (unpaired) electrons. The lowest BCUT2D eigenvalue weighted by Gasteiger charge is -2.06. The Morgan fingerprint density at radius 2 is 2.33 bits per heavy atom. The highest BCUT2D eigenvalue weighted by atomic mass is 19.3.